The zero-order valence-electron chi connectivity index (χ0n) is 22.3. The van der Waals surface area contributed by atoms with Crippen molar-refractivity contribution in [1.82, 2.24) is 0 Å². The maximum Gasteiger partial charge on any atom is 0.139 e. The first-order valence-electron chi connectivity index (χ1n) is 13.5. The summed E-state index contributed by atoms with van der Waals surface area (Å²) >= 11 is 0. The molecule has 34 heavy (non-hydrogen) atoms. The number of Topliss-reactive ketones (excluding diaryl/α,β-unsaturated/α-hetero) is 1. The molecular formula is C32H61IO. The molecule has 0 aliphatic heterocycles. The van der Waals surface area contributed by atoms with Gasteiger partial charge in [0, 0.05) is 18.3 Å². The molecule has 6 atom stereocenters. The van der Waals surface area contributed by atoms with Gasteiger partial charge in [0.15, 0.2) is 0 Å². The monoisotopic (exact) mass is 588 g/mol. The van der Waals surface area contributed by atoms with Crippen molar-refractivity contribution in [3.05, 3.63) is 12.2 Å². The maximum absolute atomic E-state index is 13.5. The molecule has 2 rings (SSSR count). The molecule has 0 bridgehead atoms. The van der Waals surface area contributed by atoms with Crippen LogP contribution in [0, 0.1) is 53.3 Å². The standard InChI is InChI=1S/C28H46O.C2H6.2CH4.HI/c1-7-9-10-15-23(12-8-2)20-24-18-19-28(6)25(16-17-26(28)27(24)29)22(5)14-11-13-21(3)4;1-2;;;/h2,9-10,21-26H,7,11-20H2,1,3-6H3;1-2H3;2*1H4;1H/b10-9-;;;;/t22?,23?,24?,25?,26?,28-;;;;/m1..../s1. The van der Waals surface area contributed by atoms with Crippen LogP contribution >= 0.6 is 24.0 Å². The fourth-order valence-corrected chi connectivity index (χ4v) is 6.51. The van der Waals surface area contributed by atoms with Gasteiger partial charge in [-0.1, -0.05) is 94.7 Å². The summed E-state index contributed by atoms with van der Waals surface area (Å²) < 4.78 is 0. The third kappa shape index (κ3) is 10.8. The van der Waals surface area contributed by atoms with Crippen LogP contribution in [0.1, 0.15) is 134 Å². The van der Waals surface area contributed by atoms with Crippen molar-refractivity contribution < 1.29 is 4.79 Å². The Morgan fingerprint density at radius 3 is 2.29 bits per heavy atom. The van der Waals surface area contributed by atoms with Gasteiger partial charge in [0.1, 0.15) is 5.78 Å². The van der Waals surface area contributed by atoms with Gasteiger partial charge in [0.25, 0.3) is 0 Å². The highest BCUT2D eigenvalue weighted by Gasteiger charge is 2.54. The van der Waals surface area contributed by atoms with Gasteiger partial charge in [-0.05, 0) is 74.0 Å². The van der Waals surface area contributed by atoms with Crippen LogP contribution < -0.4 is 0 Å². The van der Waals surface area contributed by atoms with Crippen molar-refractivity contribution in [3.8, 4) is 12.3 Å². The van der Waals surface area contributed by atoms with Crippen molar-refractivity contribution in [1.29, 1.82) is 0 Å². The summed E-state index contributed by atoms with van der Waals surface area (Å²) in [7, 11) is 0. The summed E-state index contributed by atoms with van der Waals surface area (Å²) in [4.78, 5) is 13.5. The van der Waals surface area contributed by atoms with E-state index in [1.165, 1.54) is 32.1 Å². The quantitative estimate of drug-likeness (QED) is 0.133. The molecule has 202 valence electrons. The summed E-state index contributed by atoms with van der Waals surface area (Å²) in [5.74, 6) is 6.74. The lowest BCUT2D eigenvalue weighted by atomic mass is 9.58. The van der Waals surface area contributed by atoms with E-state index in [-0.39, 0.29) is 50.2 Å². The minimum atomic E-state index is 0. The molecule has 0 radical (unpaired) electrons. The second-order valence-electron chi connectivity index (χ2n) is 10.8. The highest BCUT2D eigenvalue weighted by molar-refractivity contribution is 14.0. The Morgan fingerprint density at radius 2 is 1.74 bits per heavy atom. The Balaban J connectivity index is -0.00000187. The molecule has 0 heterocycles. The highest BCUT2D eigenvalue weighted by atomic mass is 127. The Morgan fingerprint density at radius 1 is 1.09 bits per heavy atom. The number of carbonyl (C=O) groups excluding carboxylic acids is 1. The van der Waals surface area contributed by atoms with Gasteiger partial charge in [0.2, 0.25) is 0 Å². The summed E-state index contributed by atoms with van der Waals surface area (Å²) in [6.45, 7) is 15.7. The molecule has 0 aromatic carbocycles. The largest absolute Gasteiger partial charge is 0.299 e. The number of carbonyl (C=O) groups is 1. The third-order valence-electron chi connectivity index (χ3n) is 8.21. The van der Waals surface area contributed by atoms with E-state index in [1.54, 1.807) is 0 Å². The second kappa shape index (κ2) is 19.8. The average Bonchev–Trinajstić information content (AvgIpc) is 3.09. The number of hydrogen-bond donors (Lipinski definition) is 0. The molecule has 5 unspecified atom stereocenters. The summed E-state index contributed by atoms with van der Waals surface area (Å²) in [5.41, 5.74) is 0.245. The van der Waals surface area contributed by atoms with Crippen LogP contribution in [0.15, 0.2) is 12.2 Å². The highest BCUT2D eigenvalue weighted by Crippen LogP contribution is 2.58. The lowest BCUT2D eigenvalue weighted by Crippen LogP contribution is -2.43. The van der Waals surface area contributed by atoms with Gasteiger partial charge >= 0.3 is 0 Å². The predicted octanol–water partition coefficient (Wildman–Crippen LogP) is 10.8. The van der Waals surface area contributed by atoms with Crippen LogP contribution in [0.5, 0.6) is 0 Å². The third-order valence-corrected chi connectivity index (χ3v) is 8.21. The Kier molecular flexibility index (Phi) is 22.3. The van der Waals surface area contributed by atoms with Crippen LogP contribution in [0.25, 0.3) is 0 Å². The van der Waals surface area contributed by atoms with Crippen molar-refractivity contribution in [2.75, 3.05) is 0 Å². The van der Waals surface area contributed by atoms with Crippen molar-refractivity contribution >= 4 is 29.8 Å². The van der Waals surface area contributed by atoms with Crippen LogP contribution in [-0.4, -0.2) is 5.78 Å². The van der Waals surface area contributed by atoms with Gasteiger partial charge in [-0.3, -0.25) is 4.79 Å². The van der Waals surface area contributed by atoms with Crippen molar-refractivity contribution in [3.63, 3.8) is 0 Å². The smallest absolute Gasteiger partial charge is 0.139 e. The van der Waals surface area contributed by atoms with Crippen molar-refractivity contribution in [2.24, 2.45) is 40.9 Å². The Bertz CT molecular complexity index is 586. The molecule has 0 N–H and O–H groups in total. The Hall–Kier alpha value is -0.300. The number of hydrogen-bond acceptors (Lipinski definition) is 1. The van der Waals surface area contributed by atoms with Crippen LogP contribution in [-0.2, 0) is 4.79 Å². The van der Waals surface area contributed by atoms with Gasteiger partial charge in [0.05, 0.1) is 0 Å². The maximum atomic E-state index is 13.5. The molecule has 2 saturated carbocycles. The molecule has 0 saturated heterocycles. The molecule has 1 nitrogen and oxygen atoms in total. The lowest BCUT2D eigenvalue weighted by Gasteiger charge is -2.45. The topological polar surface area (TPSA) is 17.1 Å². The minimum Gasteiger partial charge on any atom is -0.299 e. The first-order valence-corrected chi connectivity index (χ1v) is 13.5. The zero-order valence-corrected chi connectivity index (χ0v) is 24.6. The normalized spacial score (nSPS) is 27.3. The van der Waals surface area contributed by atoms with E-state index < -0.39 is 0 Å². The van der Waals surface area contributed by atoms with E-state index in [9.17, 15) is 4.79 Å². The van der Waals surface area contributed by atoms with Crippen LogP contribution in [0.3, 0.4) is 0 Å². The van der Waals surface area contributed by atoms with E-state index in [0.29, 0.717) is 17.6 Å². The van der Waals surface area contributed by atoms with E-state index in [0.717, 1.165) is 56.3 Å². The van der Waals surface area contributed by atoms with E-state index in [2.05, 4.69) is 52.7 Å². The number of fused-ring (bicyclic) bond motifs is 1. The fraction of sp³-hybridized carbons (Fsp3) is 0.844. The lowest BCUT2D eigenvalue weighted by molar-refractivity contribution is -0.136. The summed E-state index contributed by atoms with van der Waals surface area (Å²) in [6.07, 6.45) is 22.7. The predicted molar refractivity (Wildman–Crippen MR) is 166 cm³/mol. The first kappa shape index (κ1) is 38.2. The number of ketones is 1. The molecule has 0 aromatic rings. The van der Waals surface area contributed by atoms with Gasteiger partial charge < -0.3 is 0 Å². The second-order valence-corrected chi connectivity index (χ2v) is 10.8. The number of halogens is 1. The summed E-state index contributed by atoms with van der Waals surface area (Å²) in [5, 5.41) is 0. The van der Waals surface area contributed by atoms with Gasteiger partial charge in [-0.25, -0.2) is 0 Å². The first-order chi connectivity index (χ1) is 14.8. The molecule has 2 aliphatic rings. The zero-order chi connectivity index (χ0) is 23.4. The Labute approximate surface area is 233 Å². The van der Waals surface area contributed by atoms with E-state index in [4.69, 9.17) is 6.42 Å². The SMILES string of the molecule is C.C.C#CCC(C/C=C\CC)CC1CC[C@@]2(C)C(CCC2C(C)CCCC(C)C)C1=O.CC.I. The molecule has 2 heteroatoms. The molecule has 0 spiro atoms. The number of terminal acetylenes is 1. The molecule has 0 aromatic heterocycles. The van der Waals surface area contributed by atoms with Gasteiger partial charge in [-0.2, -0.15) is 0 Å². The van der Waals surface area contributed by atoms with E-state index >= 15 is 0 Å². The minimum absolute atomic E-state index is 0. The van der Waals surface area contributed by atoms with E-state index in [1.807, 2.05) is 13.8 Å². The van der Waals surface area contributed by atoms with Crippen molar-refractivity contribution in [2.45, 2.75) is 134 Å². The molecular weight excluding hydrogens is 527 g/mol. The average molecular weight is 589 g/mol. The molecule has 2 aliphatic carbocycles. The number of allylic oxidation sites excluding steroid dienone is 2. The molecule has 2 fully saturated rings. The fourth-order valence-electron chi connectivity index (χ4n) is 6.51. The summed E-state index contributed by atoms with van der Waals surface area (Å²) in [6, 6.07) is 0. The van der Waals surface area contributed by atoms with Gasteiger partial charge in [-0.15, -0.1) is 36.3 Å². The van der Waals surface area contributed by atoms with Crippen LogP contribution in [0.4, 0.5) is 0 Å². The van der Waals surface area contributed by atoms with Crippen LogP contribution in [0.2, 0.25) is 0 Å². The number of rotatable bonds is 11. The molecule has 0 amide bonds.